The second-order valence-electron chi connectivity index (χ2n) is 7.78. The standard InChI is InChI=1S/C18H32N2O5/c1-6-12(16(22)23)13-9-7-8-10-14(13)20-15(21)11(2)19-17(24)25-18(3,4)5/h11-14H,6-10H2,1-5H3,(H,19,24)(H,20,21)(H,22,23). The van der Waals surface area contributed by atoms with Gasteiger partial charge < -0.3 is 20.5 Å². The molecule has 0 saturated heterocycles. The van der Waals surface area contributed by atoms with Crippen LogP contribution in [0.1, 0.15) is 66.7 Å². The van der Waals surface area contributed by atoms with E-state index in [4.69, 9.17) is 4.74 Å². The zero-order valence-electron chi connectivity index (χ0n) is 15.9. The molecule has 0 heterocycles. The van der Waals surface area contributed by atoms with Crippen molar-refractivity contribution in [1.29, 1.82) is 0 Å². The Morgan fingerprint density at radius 3 is 2.32 bits per heavy atom. The SMILES string of the molecule is CCC(C(=O)O)C1CCCCC1NC(=O)C(C)NC(=O)OC(C)(C)C. The number of carbonyl (C=O) groups excluding carboxylic acids is 2. The lowest BCUT2D eigenvalue weighted by Crippen LogP contribution is -2.52. The third kappa shape index (κ3) is 6.92. The van der Waals surface area contributed by atoms with Gasteiger partial charge in [0, 0.05) is 6.04 Å². The molecular formula is C18H32N2O5. The van der Waals surface area contributed by atoms with E-state index in [2.05, 4.69) is 10.6 Å². The lowest BCUT2D eigenvalue weighted by molar-refractivity contribution is -0.145. The van der Waals surface area contributed by atoms with E-state index < -0.39 is 29.6 Å². The van der Waals surface area contributed by atoms with Gasteiger partial charge in [0.25, 0.3) is 0 Å². The summed E-state index contributed by atoms with van der Waals surface area (Å²) in [4.78, 5) is 35.7. The van der Waals surface area contributed by atoms with E-state index in [9.17, 15) is 19.5 Å². The second-order valence-corrected chi connectivity index (χ2v) is 7.78. The number of carbonyl (C=O) groups is 3. The first-order valence-corrected chi connectivity index (χ1v) is 9.07. The van der Waals surface area contributed by atoms with Gasteiger partial charge in [-0.2, -0.15) is 0 Å². The van der Waals surface area contributed by atoms with Gasteiger partial charge in [0.15, 0.2) is 0 Å². The molecular weight excluding hydrogens is 324 g/mol. The van der Waals surface area contributed by atoms with Crippen LogP contribution in [0.2, 0.25) is 0 Å². The van der Waals surface area contributed by atoms with Crippen molar-refractivity contribution in [1.82, 2.24) is 10.6 Å². The van der Waals surface area contributed by atoms with Crippen LogP contribution in [-0.4, -0.2) is 40.8 Å². The molecule has 4 unspecified atom stereocenters. The van der Waals surface area contributed by atoms with Crippen LogP contribution in [0.5, 0.6) is 0 Å². The number of hydrogen-bond donors (Lipinski definition) is 3. The van der Waals surface area contributed by atoms with Crippen molar-refractivity contribution in [3.63, 3.8) is 0 Å². The summed E-state index contributed by atoms with van der Waals surface area (Å²) in [6.45, 7) is 8.70. The number of rotatable bonds is 6. The summed E-state index contributed by atoms with van der Waals surface area (Å²) < 4.78 is 5.15. The topological polar surface area (TPSA) is 105 Å². The lowest BCUT2D eigenvalue weighted by atomic mass is 9.75. The zero-order valence-corrected chi connectivity index (χ0v) is 15.9. The quantitative estimate of drug-likeness (QED) is 0.679. The Bertz CT molecular complexity index is 486. The summed E-state index contributed by atoms with van der Waals surface area (Å²) in [5, 5.41) is 14.9. The molecule has 1 aliphatic carbocycles. The van der Waals surface area contributed by atoms with Crippen LogP contribution in [0.4, 0.5) is 4.79 Å². The van der Waals surface area contributed by atoms with Crippen molar-refractivity contribution >= 4 is 18.0 Å². The molecule has 3 N–H and O–H groups in total. The first-order chi connectivity index (χ1) is 11.5. The van der Waals surface area contributed by atoms with Gasteiger partial charge in [-0.05, 0) is 52.9 Å². The van der Waals surface area contributed by atoms with Gasteiger partial charge in [0.05, 0.1) is 5.92 Å². The smallest absolute Gasteiger partial charge is 0.408 e. The number of nitrogens with one attached hydrogen (secondary N) is 2. The molecule has 1 saturated carbocycles. The molecule has 25 heavy (non-hydrogen) atoms. The molecule has 7 nitrogen and oxygen atoms in total. The van der Waals surface area contributed by atoms with Gasteiger partial charge in [-0.25, -0.2) is 4.79 Å². The van der Waals surface area contributed by atoms with Crippen LogP contribution >= 0.6 is 0 Å². The van der Waals surface area contributed by atoms with Crippen LogP contribution < -0.4 is 10.6 Å². The van der Waals surface area contributed by atoms with Gasteiger partial charge in [0.1, 0.15) is 11.6 Å². The van der Waals surface area contributed by atoms with Crippen molar-refractivity contribution in [3.8, 4) is 0 Å². The number of aliphatic carboxylic acids is 1. The Hall–Kier alpha value is -1.79. The number of alkyl carbamates (subject to hydrolysis) is 1. The fraction of sp³-hybridized carbons (Fsp3) is 0.833. The molecule has 144 valence electrons. The number of amides is 2. The number of carboxylic acids is 1. The predicted molar refractivity (Wildman–Crippen MR) is 94.1 cm³/mol. The van der Waals surface area contributed by atoms with Crippen molar-refractivity contribution in [2.75, 3.05) is 0 Å². The Kier molecular flexibility index (Phi) is 7.70. The summed E-state index contributed by atoms with van der Waals surface area (Å²) >= 11 is 0. The average Bonchev–Trinajstić information content (AvgIpc) is 2.47. The highest BCUT2D eigenvalue weighted by molar-refractivity contribution is 5.85. The zero-order chi connectivity index (χ0) is 19.2. The Morgan fingerprint density at radius 2 is 1.80 bits per heavy atom. The molecule has 7 heteroatoms. The molecule has 1 aliphatic rings. The Balaban J connectivity index is 2.66. The first kappa shape index (κ1) is 21.3. The minimum Gasteiger partial charge on any atom is -0.481 e. The molecule has 1 fully saturated rings. The molecule has 0 aromatic carbocycles. The van der Waals surface area contributed by atoms with Crippen LogP contribution in [0.3, 0.4) is 0 Å². The van der Waals surface area contributed by atoms with E-state index in [1.807, 2.05) is 6.92 Å². The maximum atomic E-state index is 12.4. The largest absolute Gasteiger partial charge is 0.481 e. The number of hydrogen-bond acceptors (Lipinski definition) is 4. The summed E-state index contributed by atoms with van der Waals surface area (Å²) in [5.41, 5.74) is -0.634. The average molecular weight is 356 g/mol. The predicted octanol–water partition coefficient (Wildman–Crippen LogP) is 2.69. The number of carboxylic acid groups (broad SMARTS) is 1. The maximum Gasteiger partial charge on any atom is 0.408 e. The van der Waals surface area contributed by atoms with E-state index >= 15 is 0 Å². The molecule has 0 aromatic heterocycles. The molecule has 0 radical (unpaired) electrons. The molecule has 4 atom stereocenters. The highest BCUT2D eigenvalue weighted by atomic mass is 16.6. The van der Waals surface area contributed by atoms with Gasteiger partial charge in [-0.3, -0.25) is 9.59 Å². The summed E-state index contributed by atoms with van der Waals surface area (Å²) in [6.07, 6.45) is 3.39. The van der Waals surface area contributed by atoms with Crippen LogP contribution in [-0.2, 0) is 14.3 Å². The third-order valence-electron chi connectivity index (χ3n) is 4.55. The van der Waals surface area contributed by atoms with Crippen LogP contribution in [0.25, 0.3) is 0 Å². The maximum absolute atomic E-state index is 12.4. The number of ether oxygens (including phenoxy) is 1. The van der Waals surface area contributed by atoms with Gasteiger partial charge in [-0.1, -0.05) is 19.8 Å². The van der Waals surface area contributed by atoms with E-state index in [0.29, 0.717) is 6.42 Å². The minimum absolute atomic E-state index is 0.0751. The van der Waals surface area contributed by atoms with E-state index in [0.717, 1.165) is 25.7 Å². The Morgan fingerprint density at radius 1 is 1.20 bits per heavy atom. The van der Waals surface area contributed by atoms with Gasteiger partial charge in [-0.15, -0.1) is 0 Å². The molecule has 0 aromatic rings. The van der Waals surface area contributed by atoms with Crippen molar-refractivity contribution in [3.05, 3.63) is 0 Å². The summed E-state index contributed by atoms with van der Waals surface area (Å²) in [5.74, 6) is -1.66. The molecule has 1 rings (SSSR count). The fourth-order valence-electron chi connectivity index (χ4n) is 3.34. The second kappa shape index (κ2) is 9.06. The lowest BCUT2D eigenvalue weighted by Gasteiger charge is -2.36. The van der Waals surface area contributed by atoms with Crippen molar-refractivity contribution in [2.45, 2.75) is 84.4 Å². The highest BCUT2D eigenvalue weighted by Crippen LogP contribution is 2.32. The fourth-order valence-corrected chi connectivity index (χ4v) is 3.34. The minimum atomic E-state index is -0.812. The molecule has 0 spiro atoms. The van der Waals surface area contributed by atoms with Crippen LogP contribution in [0, 0.1) is 11.8 Å². The van der Waals surface area contributed by atoms with Gasteiger partial charge in [0.2, 0.25) is 5.91 Å². The first-order valence-electron chi connectivity index (χ1n) is 9.07. The van der Waals surface area contributed by atoms with E-state index in [1.165, 1.54) is 0 Å². The molecule has 0 aliphatic heterocycles. The monoisotopic (exact) mass is 356 g/mol. The molecule has 2 amide bonds. The normalized spacial score (nSPS) is 23.2. The van der Waals surface area contributed by atoms with E-state index in [1.54, 1.807) is 27.7 Å². The van der Waals surface area contributed by atoms with Crippen molar-refractivity contribution < 1.29 is 24.2 Å². The third-order valence-corrected chi connectivity index (χ3v) is 4.55. The summed E-state index contributed by atoms with van der Waals surface area (Å²) in [7, 11) is 0. The van der Waals surface area contributed by atoms with Gasteiger partial charge >= 0.3 is 12.1 Å². The van der Waals surface area contributed by atoms with E-state index in [-0.39, 0.29) is 17.9 Å². The molecule has 0 bridgehead atoms. The summed E-state index contributed by atoms with van der Waals surface area (Å²) in [6, 6.07) is -0.924. The Labute approximate surface area is 149 Å². The van der Waals surface area contributed by atoms with Crippen LogP contribution in [0.15, 0.2) is 0 Å². The highest BCUT2D eigenvalue weighted by Gasteiger charge is 2.36. The van der Waals surface area contributed by atoms with Crippen molar-refractivity contribution in [2.24, 2.45) is 11.8 Å².